The third-order valence-corrected chi connectivity index (χ3v) is 4.53. The maximum absolute atomic E-state index is 12.3. The first-order valence-corrected chi connectivity index (χ1v) is 8.82. The number of rotatable bonds is 8. The van der Waals surface area contributed by atoms with Crippen LogP contribution in [0.2, 0.25) is 0 Å². The highest BCUT2D eigenvalue weighted by Gasteiger charge is 2.24. The van der Waals surface area contributed by atoms with Gasteiger partial charge in [-0.15, -0.1) is 0 Å². The fourth-order valence-corrected chi connectivity index (χ4v) is 2.94. The lowest BCUT2D eigenvalue weighted by Crippen LogP contribution is -2.41. The summed E-state index contributed by atoms with van der Waals surface area (Å²) in [6.07, 6.45) is 1.36. The largest absolute Gasteiger partial charge is 0.480 e. The van der Waals surface area contributed by atoms with E-state index in [2.05, 4.69) is 0 Å². The quantitative estimate of drug-likeness (QED) is 0.519. The van der Waals surface area contributed by atoms with Gasteiger partial charge in [0.25, 0.3) is 0 Å². The molecule has 0 spiro atoms. The van der Waals surface area contributed by atoms with E-state index in [0.29, 0.717) is 37.1 Å². The van der Waals surface area contributed by atoms with Crippen LogP contribution in [0.3, 0.4) is 0 Å². The van der Waals surface area contributed by atoms with Crippen molar-refractivity contribution in [3.63, 3.8) is 0 Å². The Kier molecular flexibility index (Phi) is 7.23. The first kappa shape index (κ1) is 20.0. The van der Waals surface area contributed by atoms with Crippen molar-refractivity contribution < 1.29 is 24.2 Å². The zero-order valence-corrected chi connectivity index (χ0v) is 15.2. The van der Waals surface area contributed by atoms with Gasteiger partial charge in [-0.3, -0.25) is 9.59 Å². The minimum atomic E-state index is -0.997. The van der Waals surface area contributed by atoms with Crippen molar-refractivity contribution in [2.75, 3.05) is 19.7 Å². The first-order chi connectivity index (χ1) is 12.4. The Bertz CT molecular complexity index is 681. The molecule has 0 aliphatic carbocycles. The van der Waals surface area contributed by atoms with Gasteiger partial charge in [-0.25, -0.2) is 4.79 Å². The number of Topliss-reactive ketones (excluding diaryl/α,β-unsaturated/α-hetero) is 1. The molecule has 3 N–H and O–H groups in total. The van der Waals surface area contributed by atoms with Gasteiger partial charge in [-0.1, -0.05) is 36.5 Å². The van der Waals surface area contributed by atoms with Crippen LogP contribution in [0.4, 0.5) is 0 Å². The van der Waals surface area contributed by atoms with Gasteiger partial charge in [0.1, 0.15) is 11.6 Å². The molecule has 8 heteroatoms. The number of amides is 1. The molecule has 1 aliphatic heterocycles. The zero-order valence-electron chi connectivity index (χ0n) is 14.3. The number of hydrogen-bond donors (Lipinski definition) is 2. The molecule has 0 atom stereocenters. The third kappa shape index (κ3) is 5.89. The predicted molar refractivity (Wildman–Crippen MR) is 99.1 cm³/mol. The maximum Gasteiger partial charge on any atom is 0.329 e. The van der Waals surface area contributed by atoms with E-state index in [0.717, 1.165) is 0 Å². The van der Waals surface area contributed by atoms with Crippen molar-refractivity contribution in [1.29, 1.82) is 0 Å². The van der Waals surface area contributed by atoms with E-state index < -0.39 is 5.97 Å². The topological polar surface area (TPSA) is 110 Å². The molecule has 0 radical (unpaired) electrons. The molecule has 1 saturated heterocycles. The summed E-state index contributed by atoms with van der Waals surface area (Å²) in [4.78, 5) is 36.9. The van der Waals surface area contributed by atoms with Gasteiger partial charge in [0, 0.05) is 37.1 Å². The number of carbonyl (C=O) groups is 3. The Morgan fingerprint density at radius 2 is 1.69 bits per heavy atom. The average molecular weight is 378 g/mol. The minimum absolute atomic E-state index is 0.0743. The summed E-state index contributed by atoms with van der Waals surface area (Å²) >= 11 is 4.87. The SMILES string of the molecule is NC(=S)c1ccc(C(=O)CCC(=O)N2CCC(OCC(=O)O)CC2)cc1. The zero-order chi connectivity index (χ0) is 19.1. The first-order valence-electron chi connectivity index (χ1n) is 8.41. The Morgan fingerprint density at radius 3 is 2.23 bits per heavy atom. The summed E-state index contributed by atoms with van der Waals surface area (Å²) in [5.41, 5.74) is 6.74. The number of carbonyl (C=O) groups excluding carboxylic acids is 2. The number of carboxylic acid groups (broad SMARTS) is 1. The van der Waals surface area contributed by atoms with E-state index in [9.17, 15) is 14.4 Å². The van der Waals surface area contributed by atoms with Gasteiger partial charge < -0.3 is 20.5 Å². The molecule has 0 aromatic heterocycles. The Labute approximate surface area is 157 Å². The summed E-state index contributed by atoms with van der Waals surface area (Å²) in [5, 5.41) is 8.61. The molecule has 1 aromatic carbocycles. The molecule has 1 aromatic rings. The Balaban J connectivity index is 1.75. The number of ketones is 1. The van der Waals surface area contributed by atoms with Crippen LogP contribution >= 0.6 is 12.2 Å². The van der Waals surface area contributed by atoms with Crippen molar-refractivity contribution in [3.05, 3.63) is 35.4 Å². The van der Waals surface area contributed by atoms with Crippen LogP contribution in [0.25, 0.3) is 0 Å². The molecule has 0 bridgehead atoms. The molecule has 26 heavy (non-hydrogen) atoms. The second kappa shape index (κ2) is 9.40. The number of benzene rings is 1. The fourth-order valence-electron chi connectivity index (χ4n) is 2.80. The van der Waals surface area contributed by atoms with Crippen molar-refractivity contribution >= 4 is 34.9 Å². The fraction of sp³-hybridized carbons (Fsp3) is 0.444. The summed E-state index contributed by atoms with van der Waals surface area (Å²) in [7, 11) is 0. The summed E-state index contributed by atoms with van der Waals surface area (Å²) in [5.74, 6) is -1.18. The lowest BCUT2D eigenvalue weighted by molar-refractivity contribution is -0.146. The average Bonchev–Trinajstić information content (AvgIpc) is 2.64. The number of aliphatic carboxylic acids is 1. The Hall–Kier alpha value is -2.32. The molecule has 140 valence electrons. The summed E-state index contributed by atoms with van der Waals surface area (Å²) in [6, 6.07) is 6.71. The normalized spacial score (nSPS) is 14.8. The highest BCUT2D eigenvalue weighted by atomic mass is 32.1. The van der Waals surface area contributed by atoms with Crippen LogP contribution in [0.5, 0.6) is 0 Å². The lowest BCUT2D eigenvalue weighted by atomic mass is 10.0. The number of carboxylic acids is 1. The molecule has 1 fully saturated rings. The number of thiocarbonyl (C=S) groups is 1. The van der Waals surface area contributed by atoms with Gasteiger partial charge in [-0.05, 0) is 12.8 Å². The standard InChI is InChI=1S/C18H22N2O5S/c19-18(26)13-3-1-12(2-4-13)15(21)5-6-16(22)20-9-7-14(8-10-20)25-11-17(23)24/h1-4,14H,5-11H2,(H2,19,26)(H,23,24). The molecule has 7 nitrogen and oxygen atoms in total. The number of hydrogen-bond acceptors (Lipinski definition) is 5. The molecular weight excluding hydrogens is 356 g/mol. The van der Waals surface area contributed by atoms with Gasteiger partial charge in [0.2, 0.25) is 5.91 Å². The van der Waals surface area contributed by atoms with E-state index in [1.54, 1.807) is 29.2 Å². The van der Waals surface area contributed by atoms with Crippen LogP contribution < -0.4 is 5.73 Å². The predicted octanol–water partition coefficient (Wildman–Crippen LogP) is 1.38. The molecule has 1 amide bonds. The number of nitrogens with zero attached hydrogens (tertiary/aromatic N) is 1. The van der Waals surface area contributed by atoms with Crippen molar-refractivity contribution in [3.8, 4) is 0 Å². The van der Waals surface area contributed by atoms with Crippen LogP contribution in [-0.2, 0) is 14.3 Å². The van der Waals surface area contributed by atoms with Gasteiger partial charge >= 0.3 is 5.97 Å². The highest BCUT2D eigenvalue weighted by molar-refractivity contribution is 7.80. The second-order valence-electron chi connectivity index (χ2n) is 6.15. The number of piperidine rings is 1. The van der Waals surface area contributed by atoms with E-state index in [1.165, 1.54) is 0 Å². The van der Waals surface area contributed by atoms with Gasteiger partial charge in [-0.2, -0.15) is 0 Å². The van der Waals surface area contributed by atoms with Gasteiger partial charge in [0.05, 0.1) is 6.10 Å². The molecule has 1 heterocycles. The third-order valence-electron chi connectivity index (χ3n) is 4.29. The molecular formula is C18H22N2O5S. The lowest BCUT2D eigenvalue weighted by Gasteiger charge is -2.31. The van der Waals surface area contributed by atoms with E-state index in [1.807, 2.05) is 0 Å². The smallest absolute Gasteiger partial charge is 0.329 e. The molecule has 0 saturated carbocycles. The number of likely N-dealkylation sites (tertiary alicyclic amines) is 1. The van der Waals surface area contributed by atoms with Crippen LogP contribution in [0.15, 0.2) is 24.3 Å². The second-order valence-corrected chi connectivity index (χ2v) is 6.59. The number of nitrogens with two attached hydrogens (primary N) is 1. The van der Waals surface area contributed by atoms with Crippen LogP contribution in [0.1, 0.15) is 41.6 Å². The summed E-state index contributed by atoms with van der Waals surface area (Å²) < 4.78 is 5.25. The Morgan fingerprint density at radius 1 is 1.12 bits per heavy atom. The van der Waals surface area contributed by atoms with E-state index in [-0.39, 0.29) is 42.2 Å². The van der Waals surface area contributed by atoms with Crippen LogP contribution in [0, 0.1) is 0 Å². The molecule has 1 aliphatic rings. The highest BCUT2D eigenvalue weighted by Crippen LogP contribution is 2.16. The minimum Gasteiger partial charge on any atom is -0.480 e. The van der Waals surface area contributed by atoms with Crippen LogP contribution in [-0.4, -0.2) is 58.5 Å². The maximum atomic E-state index is 12.3. The van der Waals surface area contributed by atoms with E-state index in [4.69, 9.17) is 27.8 Å². The summed E-state index contributed by atoms with van der Waals surface area (Å²) in [6.45, 7) is 0.709. The number of ether oxygens (including phenoxy) is 1. The molecule has 0 unspecified atom stereocenters. The monoisotopic (exact) mass is 378 g/mol. The van der Waals surface area contributed by atoms with Crippen molar-refractivity contribution in [2.24, 2.45) is 5.73 Å². The van der Waals surface area contributed by atoms with Crippen molar-refractivity contribution in [1.82, 2.24) is 4.90 Å². The molecule has 2 rings (SSSR count). The van der Waals surface area contributed by atoms with E-state index >= 15 is 0 Å². The van der Waals surface area contributed by atoms with Crippen molar-refractivity contribution in [2.45, 2.75) is 31.8 Å². The van der Waals surface area contributed by atoms with Gasteiger partial charge in [0.15, 0.2) is 5.78 Å².